The van der Waals surface area contributed by atoms with E-state index in [2.05, 4.69) is 20.1 Å². The van der Waals surface area contributed by atoms with E-state index < -0.39 is 74.0 Å². The van der Waals surface area contributed by atoms with Gasteiger partial charge in [-0.2, -0.15) is 10.1 Å². The number of azide groups is 1. The first kappa shape index (κ1) is 37.5. The smallest absolute Gasteiger partial charge is 0.459 e. The molecule has 47 heavy (non-hydrogen) atoms. The van der Waals surface area contributed by atoms with Gasteiger partial charge in [0, 0.05) is 11.1 Å². The van der Waals surface area contributed by atoms with E-state index in [1.54, 1.807) is 44.2 Å². The Bertz CT molecular complexity index is 1510. The second-order valence-electron chi connectivity index (χ2n) is 11.7. The number of nitrogens with one attached hydrogen (secondary N) is 1. The van der Waals surface area contributed by atoms with Crippen molar-refractivity contribution in [1.29, 1.82) is 0 Å². The first-order valence-corrected chi connectivity index (χ1v) is 17.1. The number of rotatable bonds is 17. The lowest BCUT2D eigenvalue weighted by Crippen LogP contribution is -2.48. The van der Waals surface area contributed by atoms with E-state index in [0.29, 0.717) is 12.8 Å². The highest BCUT2D eigenvalue weighted by atomic mass is 31.2. The van der Waals surface area contributed by atoms with Crippen LogP contribution in [0.3, 0.4) is 0 Å². The van der Waals surface area contributed by atoms with Crippen molar-refractivity contribution in [3.8, 4) is 5.75 Å². The molecule has 3 rings (SSSR count). The molecule has 1 aliphatic rings. The van der Waals surface area contributed by atoms with Crippen molar-refractivity contribution in [1.82, 2.24) is 14.6 Å². The summed E-state index contributed by atoms with van der Waals surface area (Å²) in [6, 6.07) is 8.36. The third kappa shape index (κ3) is 9.78. The Hall–Kier alpha value is -3.94. The molecule has 1 saturated heterocycles. The molecule has 16 nitrogen and oxygen atoms in total. The summed E-state index contributed by atoms with van der Waals surface area (Å²) in [7, 11) is -4.39. The molecule has 3 N–H and O–H groups in total. The third-order valence-electron chi connectivity index (χ3n) is 7.37. The number of esters is 2. The predicted octanol–water partition coefficient (Wildman–Crippen LogP) is 5.05. The van der Waals surface area contributed by atoms with Crippen molar-refractivity contribution in [2.75, 3.05) is 12.3 Å². The quantitative estimate of drug-likeness (QED) is 0.0738. The van der Waals surface area contributed by atoms with Gasteiger partial charge in [-0.05, 0) is 64.3 Å². The molecule has 1 unspecified atom stereocenters. The largest absolute Gasteiger partial charge is 0.462 e. The Kier molecular flexibility index (Phi) is 13.4. The lowest BCUT2D eigenvalue weighted by Gasteiger charge is -2.32. The van der Waals surface area contributed by atoms with E-state index in [-0.39, 0.29) is 11.6 Å². The van der Waals surface area contributed by atoms with Crippen LogP contribution < -0.4 is 21.0 Å². The Morgan fingerprint density at radius 3 is 2.40 bits per heavy atom. The number of benzene rings is 1. The van der Waals surface area contributed by atoms with Crippen LogP contribution in [-0.2, 0) is 32.9 Å². The number of hydrogen-bond acceptors (Lipinski definition) is 12. The van der Waals surface area contributed by atoms with E-state index in [9.17, 15) is 24.5 Å². The number of hydrogen-bond donors (Lipinski definition) is 2. The first-order chi connectivity index (χ1) is 22.3. The summed E-state index contributed by atoms with van der Waals surface area (Å²) < 4.78 is 44.3. The van der Waals surface area contributed by atoms with Gasteiger partial charge in [0.1, 0.15) is 35.4 Å². The number of ether oxygens (including phenoxy) is 3. The van der Waals surface area contributed by atoms with Crippen molar-refractivity contribution in [2.45, 2.75) is 103 Å². The zero-order valence-corrected chi connectivity index (χ0v) is 28.4. The standard InChI is InChI=1S/C30H44N7O9P/c1-7-12-21(13-8-2)27(39)45-25-23(44-28(30(25,6)35-36-32)37-17-16-24(31)33-29(37)40)18-42-47(41,46-22-14-10-9-11-15-22)34-20(5)26(38)43-19(3)4/h9-11,14-17,19-21,23,25,28H,7-8,12-13,18H2,1-6H3,(H,34,41)(H2,31,33,40)/t20-,23+,25+,28+,30+,47?/m0/s1. The number of nitrogens with zero attached hydrogens (tertiary/aromatic N) is 5. The van der Waals surface area contributed by atoms with Crippen LogP contribution in [0.25, 0.3) is 10.4 Å². The Morgan fingerprint density at radius 1 is 1.17 bits per heavy atom. The number of nitrogen functional groups attached to an aromatic ring is 1. The van der Waals surface area contributed by atoms with Crippen LogP contribution in [0.15, 0.2) is 52.5 Å². The number of carbonyl (C=O) groups is 2. The highest BCUT2D eigenvalue weighted by Crippen LogP contribution is 2.48. The minimum absolute atomic E-state index is 0.0465. The van der Waals surface area contributed by atoms with Crippen LogP contribution >= 0.6 is 7.75 Å². The van der Waals surface area contributed by atoms with Gasteiger partial charge in [-0.1, -0.05) is 50.0 Å². The fourth-order valence-corrected chi connectivity index (χ4v) is 6.67. The highest BCUT2D eigenvalue weighted by molar-refractivity contribution is 7.52. The van der Waals surface area contributed by atoms with Crippen molar-refractivity contribution < 1.29 is 37.4 Å². The molecule has 1 aromatic heterocycles. The summed E-state index contributed by atoms with van der Waals surface area (Å²) >= 11 is 0. The Balaban J connectivity index is 2.03. The third-order valence-corrected chi connectivity index (χ3v) is 9.01. The van der Waals surface area contributed by atoms with Crippen molar-refractivity contribution >= 4 is 25.5 Å². The second-order valence-corrected chi connectivity index (χ2v) is 13.3. The zero-order valence-electron chi connectivity index (χ0n) is 27.5. The minimum atomic E-state index is -4.39. The van der Waals surface area contributed by atoms with Crippen LogP contribution in [0, 0.1) is 5.92 Å². The monoisotopic (exact) mass is 677 g/mol. The minimum Gasteiger partial charge on any atom is -0.462 e. The average molecular weight is 678 g/mol. The Labute approximate surface area is 273 Å². The summed E-state index contributed by atoms with van der Waals surface area (Å²) in [4.78, 5) is 45.8. The fourth-order valence-electron chi connectivity index (χ4n) is 5.17. The van der Waals surface area contributed by atoms with E-state index in [4.69, 9.17) is 29.0 Å². The number of para-hydroxylation sites is 1. The van der Waals surface area contributed by atoms with Crippen LogP contribution in [0.2, 0.25) is 0 Å². The maximum atomic E-state index is 14.2. The molecule has 0 spiro atoms. The molecule has 6 atom stereocenters. The van der Waals surface area contributed by atoms with Crippen LogP contribution in [0.4, 0.5) is 5.82 Å². The summed E-state index contributed by atoms with van der Waals surface area (Å²) in [6.45, 7) is 9.58. The molecule has 258 valence electrons. The van der Waals surface area contributed by atoms with Crippen molar-refractivity contribution in [3.05, 3.63) is 63.5 Å². The van der Waals surface area contributed by atoms with Crippen LogP contribution in [0.5, 0.6) is 5.75 Å². The molecule has 1 aromatic carbocycles. The van der Waals surface area contributed by atoms with E-state index in [1.807, 2.05) is 13.8 Å². The van der Waals surface area contributed by atoms with Gasteiger partial charge in [0.2, 0.25) is 0 Å². The number of aromatic nitrogens is 2. The van der Waals surface area contributed by atoms with Crippen molar-refractivity contribution in [3.63, 3.8) is 0 Å². The molecule has 0 radical (unpaired) electrons. The SMILES string of the molecule is CCCC(CCC)C(=O)O[C@@H]1[C@@H](COP(=O)(N[C@@H](C)C(=O)OC(C)C)Oc2ccccc2)O[C@@H](n2ccc(N)nc2=O)[C@]1(C)N=[N+]=[N-]. The summed E-state index contributed by atoms with van der Waals surface area (Å²) in [5.41, 5.74) is 12.8. The molecule has 2 aromatic rings. The maximum absolute atomic E-state index is 14.2. The summed E-state index contributed by atoms with van der Waals surface area (Å²) in [5.74, 6) is -1.59. The van der Waals surface area contributed by atoms with Crippen LogP contribution in [-0.4, -0.2) is 58.0 Å². The lowest BCUT2D eigenvalue weighted by atomic mass is 9.92. The van der Waals surface area contributed by atoms with Gasteiger partial charge in [0.05, 0.1) is 18.6 Å². The van der Waals surface area contributed by atoms with Gasteiger partial charge in [0.15, 0.2) is 6.23 Å². The highest BCUT2D eigenvalue weighted by Gasteiger charge is 2.58. The van der Waals surface area contributed by atoms with Gasteiger partial charge in [-0.25, -0.2) is 9.36 Å². The van der Waals surface area contributed by atoms with Crippen LogP contribution in [0.1, 0.15) is 73.5 Å². The molecule has 2 heterocycles. The van der Waals surface area contributed by atoms with Gasteiger partial charge in [-0.3, -0.25) is 18.7 Å². The topological polar surface area (TPSA) is 219 Å². The second kappa shape index (κ2) is 16.8. The van der Waals surface area contributed by atoms with Crippen molar-refractivity contribution in [2.24, 2.45) is 11.0 Å². The molecule has 1 aliphatic heterocycles. The van der Waals surface area contributed by atoms with Gasteiger partial charge >= 0.3 is 25.4 Å². The maximum Gasteiger partial charge on any atom is 0.459 e. The van der Waals surface area contributed by atoms with E-state index in [0.717, 1.165) is 17.4 Å². The van der Waals surface area contributed by atoms with Gasteiger partial charge in [-0.15, -0.1) is 0 Å². The fraction of sp³-hybridized carbons (Fsp3) is 0.600. The molecule has 0 bridgehead atoms. The normalized spacial score (nSPS) is 22.7. The molecule has 0 saturated carbocycles. The van der Waals surface area contributed by atoms with E-state index in [1.165, 1.54) is 26.1 Å². The first-order valence-electron chi connectivity index (χ1n) is 15.5. The zero-order chi connectivity index (χ0) is 34.8. The number of nitrogens with two attached hydrogens (primary N) is 1. The molecular formula is C30H44N7O9P. The van der Waals surface area contributed by atoms with Gasteiger partial charge in [0.25, 0.3) is 0 Å². The lowest BCUT2D eigenvalue weighted by molar-refractivity contribution is -0.160. The summed E-state index contributed by atoms with van der Waals surface area (Å²) in [6.07, 6.45) is -0.493. The van der Waals surface area contributed by atoms with Gasteiger partial charge < -0.3 is 24.5 Å². The van der Waals surface area contributed by atoms with E-state index >= 15 is 0 Å². The predicted molar refractivity (Wildman–Crippen MR) is 172 cm³/mol. The molecule has 0 amide bonds. The summed E-state index contributed by atoms with van der Waals surface area (Å²) in [5, 5.41) is 6.55. The number of carbonyl (C=O) groups excluding carboxylic acids is 2. The molecule has 0 aliphatic carbocycles. The Morgan fingerprint density at radius 2 is 1.83 bits per heavy atom. The average Bonchev–Trinajstić information content (AvgIpc) is 3.26. The molecule has 1 fully saturated rings. The molecule has 17 heteroatoms. The number of anilines is 1. The molecular weight excluding hydrogens is 633 g/mol.